The average molecular weight is 294 g/mol. The second-order valence-corrected chi connectivity index (χ2v) is 5.99. The quantitative estimate of drug-likeness (QED) is 0.896. The number of methoxy groups -OCH3 is 1. The van der Waals surface area contributed by atoms with Gasteiger partial charge in [0.15, 0.2) is 11.6 Å². The van der Waals surface area contributed by atoms with E-state index in [1.807, 2.05) is 0 Å². The molecule has 2 atom stereocenters. The van der Waals surface area contributed by atoms with Crippen molar-refractivity contribution in [2.75, 3.05) is 13.7 Å². The number of ether oxygens (including phenoxy) is 1. The zero-order chi connectivity index (χ0) is 15.5. The maximum Gasteiger partial charge on any atom is 0.251 e. The summed E-state index contributed by atoms with van der Waals surface area (Å²) in [6.07, 6.45) is 3.95. The monoisotopic (exact) mass is 294 g/mol. The van der Waals surface area contributed by atoms with Crippen molar-refractivity contribution in [1.82, 2.24) is 5.32 Å². The van der Waals surface area contributed by atoms with Crippen molar-refractivity contribution in [3.05, 3.63) is 29.6 Å². The van der Waals surface area contributed by atoms with Gasteiger partial charge in [0.25, 0.3) is 5.91 Å². The van der Waals surface area contributed by atoms with E-state index in [1.165, 1.54) is 19.2 Å². The van der Waals surface area contributed by atoms with Gasteiger partial charge in [-0.1, -0.05) is 19.8 Å². The lowest BCUT2D eigenvalue weighted by Gasteiger charge is -2.40. The summed E-state index contributed by atoms with van der Waals surface area (Å²) in [6, 6.07) is 4.22. The van der Waals surface area contributed by atoms with Crippen LogP contribution in [0.15, 0.2) is 18.2 Å². The van der Waals surface area contributed by atoms with Crippen LogP contribution in [0.5, 0.6) is 5.75 Å². The Morgan fingerprint density at radius 2 is 2.33 bits per heavy atom. The van der Waals surface area contributed by atoms with Crippen LogP contribution in [0, 0.1) is 11.7 Å². The lowest BCUT2D eigenvalue weighted by Crippen LogP contribution is -2.56. The summed E-state index contributed by atoms with van der Waals surface area (Å²) < 4.78 is 18.6. The molecule has 21 heavy (non-hydrogen) atoms. The molecule has 2 rings (SSSR count). The number of halogens is 1. The van der Waals surface area contributed by atoms with E-state index in [4.69, 9.17) is 10.5 Å². The molecule has 0 heterocycles. The minimum Gasteiger partial charge on any atom is -0.494 e. The number of hydrogen-bond donors (Lipinski definition) is 2. The SMILES string of the molecule is COc1ccc(C(=O)NC2(CN)CCCC(C)C2)cc1F. The number of amides is 1. The first kappa shape index (κ1) is 15.8. The first-order valence-corrected chi connectivity index (χ1v) is 7.36. The third-order valence-electron chi connectivity index (χ3n) is 4.27. The van der Waals surface area contributed by atoms with Crippen LogP contribution in [0.2, 0.25) is 0 Å². The largest absolute Gasteiger partial charge is 0.494 e. The van der Waals surface area contributed by atoms with Gasteiger partial charge in [-0.15, -0.1) is 0 Å². The second-order valence-electron chi connectivity index (χ2n) is 5.99. The zero-order valence-electron chi connectivity index (χ0n) is 12.6. The van der Waals surface area contributed by atoms with Crippen molar-refractivity contribution in [2.45, 2.75) is 38.1 Å². The minimum atomic E-state index is -0.538. The molecule has 116 valence electrons. The predicted octanol–water partition coefficient (Wildman–Crippen LogP) is 2.47. The molecule has 0 aromatic heterocycles. The molecule has 2 unspecified atom stereocenters. The van der Waals surface area contributed by atoms with Gasteiger partial charge >= 0.3 is 0 Å². The van der Waals surface area contributed by atoms with Crippen LogP contribution in [0.25, 0.3) is 0 Å². The number of rotatable bonds is 4. The Hall–Kier alpha value is -1.62. The fraction of sp³-hybridized carbons (Fsp3) is 0.562. The fourth-order valence-corrected chi connectivity index (χ4v) is 3.13. The van der Waals surface area contributed by atoms with Crippen LogP contribution in [0.3, 0.4) is 0 Å². The van der Waals surface area contributed by atoms with E-state index in [-0.39, 0.29) is 17.2 Å². The molecule has 1 fully saturated rings. The Bertz CT molecular complexity index is 521. The Kier molecular flexibility index (Phi) is 4.83. The van der Waals surface area contributed by atoms with E-state index in [9.17, 15) is 9.18 Å². The maximum atomic E-state index is 13.7. The van der Waals surface area contributed by atoms with Gasteiger partial charge in [-0.3, -0.25) is 4.79 Å². The van der Waals surface area contributed by atoms with Gasteiger partial charge in [0.1, 0.15) is 0 Å². The van der Waals surface area contributed by atoms with E-state index in [0.717, 1.165) is 25.7 Å². The van der Waals surface area contributed by atoms with Crippen LogP contribution in [0.1, 0.15) is 43.0 Å². The van der Waals surface area contributed by atoms with Crippen molar-refractivity contribution in [3.63, 3.8) is 0 Å². The molecule has 0 bridgehead atoms. The topological polar surface area (TPSA) is 64.3 Å². The number of carbonyl (C=O) groups is 1. The van der Waals surface area contributed by atoms with Crippen LogP contribution in [-0.2, 0) is 0 Å². The van der Waals surface area contributed by atoms with Crippen LogP contribution in [0.4, 0.5) is 4.39 Å². The van der Waals surface area contributed by atoms with Crippen LogP contribution < -0.4 is 15.8 Å². The Morgan fingerprint density at radius 1 is 1.57 bits per heavy atom. The third kappa shape index (κ3) is 3.53. The van der Waals surface area contributed by atoms with Crippen molar-refractivity contribution >= 4 is 5.91 Å². The van der Waals surface area contributed by atoms with E-state index >= 15 is 0 Å². The number of benzene rings is 1. The van der Waals surface area contributed by atoms with Crippen molar-refractivity contribution in [2.24, 2.45) is 11.7 Å². The van der Waals surface area contributed by atoms with Gasteiger partial charge in [0, 0.05) is 12.1 Å². The van der Waals surface area contributed by atoms with E-state index in [1.54, 1.807) is 6.07 Å². The molecule has 5 heteroatoms. The Labute approximate surface area is 124 Å². The molecule has 0 saturated heterocycles. The highest BCUT2D eigenvalue weighted by Crippen LogP contribution is 2.32. The highest BCUT2D eigenvalue weighted by Gasteiger charge is 2.35. The average Bonchev–Trinajstić information content (AvgIpc) is 2.47. The highest BCUT2D eigenvalue weighted by molar-refractivity contribution is 5.94. The van der Waals surface area contributed by atoms with Gasteiger partial charge in [-0.25, -0.2) is 4.39 Å². The van der Waals surface area contributed by atoms with Crippen LogP contribution in [-0.4, -0.2) is 25.1 Å². The summed E-state index contributed by atoms with van der Waals surface area (Å²) in [5, 5.41) is 3.02. The maximum absolute atomic E-state index is 13.7. The number of carbonyl (C=O) groups excluding carboxylic acids is 1. The normalized spacial score (nSPS) is 25.4. The first-order chi connectivity index (χ1) is 9.99. The number of nitrogens with two attached hydrogens (primary N) is 1. The molecule has 1 aromatic rings. The molecular formula is C16H23FN2O2. The molecule has 1 amide bonds. The fourth-order valence-electron chi connectivity index (χ4n) is 3.13. The molecule has 0 radical (unpaired) electrons. The molecule has 1 saturated carbocycles. The predicted molar refractivity (Wildman–Crippen MR) is 79.8 cm³/mol. The van der Waals surface area contributed by atoms with Gasteiger partial charge in [-0.05, 0) is 37.0 Å². The molecular weight excluding hydrogens is 271 g/mol. The third-order valence-corrected chi connectivity index (χ3v) is 4.27. The lowest BCUT2D eigenvalue weighted by molar-refractivity contribution is 0.0853. The number of hydrogen-bond acceptors (Lipinski definition) is 3. The summed E-state index contributed by atoms with van der Waals surface area (Å²) in [4.78, 5) is 12.4. The minimum absolute atomic E-state index is 0.131. The zero-order valence-corrected chi connectivity index (χ0v) is 12.6. The van der Waals surface area contributed by atoms with E-state index in [0.29, 0.717) is 18.0 Å². The summed E-state index contributed by atoms with van der Waals surface area (Å²) in [5.41, 5.74) is 5.81. The van der Waals surface area contributed by atoms with Gasteiger partial charge in [-0.2, -0.15) is 0 Å². The molecule has 4 nitrogen and oxygen atoms in total. The Morgan fingerprint density at radius 3 is 2.90 bits per heavy atom. The molecule has 1 aliphatic rings. The number of nitrogens with one attached hydrogen (secondary N) is 1. The van der Waals surface area contributed by atoms with E-state index in [2.05, 4.69) is 12.2 Å². The summed E-state index contributed by atoms with van der Waals surface area (Å²) >= 11 is 0. The van der Waals surface area contributed by atoms with Crippen molar-refractivity contribution in [1.29, 1.82) is 0 Å². The van der Waals surface area contributed by atoms with E-state index < -0.39 is 5.82 Å². The smallest absolute Gasteiger partial charge is 0.251 e. The molecule has 3 N–H and O–H groups in total. The van der Waals surface area contributed by atoms with Crippen molar-refractivity contribution in [3.8, 4) is 5.75 Å². The Balaban J connectivity index is 2.14. The molecule has 0 spiro atoms. The highest BCUT2D eigenvalue weighted by atomic mass is 19.1. The molecule has 1 aliphatic carbocycles. The first-order valence-electron chi connectivity index (χ1n) is 7.36. The second kappa shape index (κ2) is 6.43. The lowest BCUT2D eigenvalue weighted by atomic mass is 9.76. The van der Waals surface area contributed by atoms with Gasteiger partial charge < -0.3 is 15.8 Å². The summed E-state index contributed by atoms with van der Waals surface area (Å²) in [7, 11) is 1.39. The summed E-state index contributed by atoms with van der Waals surface area (Å²) in [6.45, 7) is 2.57. The molecule has 1 aromatic carbocycles. The van der Waals surface area contributed by atoms with Crippen LogP contribution >= 0.6 is 0 Å². The standard InChI is InChI=1S/C16H23FN2O2/c1-11-4-3-7-16(9-11,10-18)19-15(20)12-5-6-14(21-2)13(17)8-12/h5-6,8,11H,3-4,7,9-10,18H2,1-2H3,(H,19,20). The van der Waals surface area contributed by atoms with Crippen molar-refractivity contribution < 1.29 is 13.9 Å². The van der Waals surface area contributed by atoms with Gasteiger partial charge in [0.05, 0.1) is 12.6 Å². The van der Waals surface area contributed by atoms with Gasteiger partial charge in [0.2, 0.25) is 0 Å². The summed E-state index contributed by atoms with van der Waals surface area (Å²) in [5.74, 6) is -0.151. The molecule has 0 aliphatic heterocycles.